The lowest BCUT2D eigenvalue weighted by Crippen LogP contribution is -2.35. The van der Waals surface area contributed by atoms with Crippen molar-refractivity contribution >= 4 is 46.6 Å². The number of hydrogen-bond donors (Lipinski definition) is 0. The van der Waals surface area contributed by atoms with Crippen LogP contribution in [-0.4, -0.2) is 34.7 Å². The molecule has 1 heterocycles. The van der Waals surface area contributed by atoms with E-state index in [2.05, 4.69) is 0 Å². The number of ether oxygens (including phenoxy) is 2. The second-order valence-corrected chi connectivity index (χ2v) is 8.26. The van der Waals surface area contributed by atoms with Crippen LogP contribution in [0.25, 0.3) is 6.08 Å². The third kappa shape index (κ3) is 5.86. The number of rotatable bonds is 7. The molecule has 1 saturated heterocycles. The molecular weight excluding hydrogens is 445 g/mol. The Bertz CT molecular complexity index is 1020. The molecule has 9 heteroatoms. The Hall–Kier alpha value is -2.84. The number of esters is 1. The van der Waals surface area contributed by atoms with Gasteiger partial charge in [-0.25, -0.2) is 4.39 Å². The zero-order chi connectivity index (χ0) is 22.5. The van der Waals surface area contributed by atoms with Crippen LogP contribution >= 0.6 is 23.4 Å². The van der Waals surface area contributed by atoms with E-state index >= 15 is 0 Å². The minimum Gasteiger partial charge on any atom is -0.489 e. The van der Waals surface area contributed by atoms with Crippen molar-refractivity contribution in [3.8, 4) is 5.75 Å². The predicted molar refractivity (Wildman–Crippen MR) is 116 cm³/mol. The highest BCUT2D eigenvalue weighted by atomic mass is 35.5. The number of benzene rings is 2. The predicted octanol–water partition coefficient (Wildman–Crippen LogP) is 5.05. The second kappa shape index (κ2) is 9.98. The van der Waals surface area contributed by atoms with Gasteiger partial charge in [0, 0.05) is 5.56 Å². The fourth-order valence-electron chi connectivity index (χ4n) is 2.70. The minimum absolute atomic E-state index is 0.0315. The number of nitrogens with zero attached hydrogens (tertiary/aromatic N) is 1. The fraction of sp³-hybridized carbons (Fsp3) is 0.227. The summed E-state index contributed by atoms with van der Waals surface area (Å²) in [5, 5.41) is -0.247. The van der Waals surface area contributed by atoms with Gasteiger partial charge in [-0.15, -0.1) is 0 Å². The average molecular weight is 464 g/mol. The maximum absolute atomic E-state index is 13.8. The van der Waals surface area contributed by atoms with Gasteiger partial charge in [0.2, 0.25) is 0 Å². The third-order valence-corrected chi connectivity index (χ3v) is 5.41. The molecule has 0 bridgehead atoms. The summed E-state index contributed by atoms with van der Waals surface area (Å²) in [6, 6.07) is 11.1. The Morgan fingerprint density at radius 2 is 1.90 bits per heavy atom. The largest absolute Gasteiger partial charge is 0.489 e. The first-order chi connectivity index (χ1) is 14.7. The second-order valence-electron chi connectivity index (χ2n) is 6.86. The number of hydrogen-bond acceptors (Lipinski definition) is 6. The molecule has 2 aromatic rings. The lowest BCUT2D eigenvalue weighted by molar-refractivity contribution is -0.149. The summed E-state index contributed by atoms with van der Waals surface area (Å²) in [7, 11) is 0. The highest BCUT2D eigenvalue weighted by Crippen LogP contribution is 2.32. The highest BCUT2D eigenvalue weighted by molar-refractivity contribution is 8.18. The van der Waals surface area contributed by atoms with E-state index in [9.17, 15) is 18.8 Å². The number of carbonyl (C=O) groups excluding carboxylic acids is 3. The molecule has 31 heavy (non-hydrogen) atoms. The first-order valence-corrected chi connectivity index (χ1v) is 10.5. The molecule has 6 nitrogen and oxygen atoms in total. The quantitative estimate of drug-likeness (QED) is 0.423. The molecular formula is C22H19ClFNO5S. The van der Waals surface area contributed by atoms with Gasteiger partial charge in [0.05, 0.1) is 16.0 Å². The lowest BCUT2D eigenvalue weighted by atomic mass is 10.2. The lowest BCUT2D eigenvalue weighted by Gasteiger charge is -2.13. The van der Waals surface area contributed by atoms with E-state index in [-0.39, 0.29) is 28.2 Å². The number of carbonyl (C=O) groups is 3. The fourth-order valence-corrected chi connectivity index (χ4v) is 3.76. The number of halogens is 2. The number of amides is 2. The zero-order valence-electron chi connectivity index (χ0n) is 16.8. The van der Waals surface area contributed by atoms with Crippen LogP contribution in [0.5, 0.6) is 5.75 Å². The van der Waals surface area contributed by atoms with Gasteiger partial charge in [0.1, 0.15) is 24.7 Å². The van der Waals surface area contributed by atoms with Crippen molar-refractivity contribution in [3.63, 3.8) is 0 Å². The third-order valence-electron chi connectivity index (χ3n) is 4.15. The van der Waals surface area contributed by atoms with Gasteiger partial charge in [-0.1, -0.05) is 29.8 Å². The SMILES string of the molecule is CC(C)OC(=O)CN1C(=O)S/C(=C\c2ccc(OCc3c(F)cccc3Cl)cc2)C1=O. The summed E-state index contributed by atoms with van der Waals surface area (Å²) in [4.78, 5) is 37.4. The maximum atomic E-state index is 13.8. The topological polar surface area (TPSA) is 72.9 Å². The Kier molecular flexibility index (Phi) is 7.35. The molecule has 3 rings (SSSR count). The smallest absolute Gasteiger partial charge is 0.326 e. The minimum atomic E-state index is -0.644. The molecule has 0 unspecified atom stereocenters. The monoisotopic (exact) mass is 463 g/mol. The summed E-state index contributed by atoms with van der Waals surface area (Å²) in [5.41, 5.74) is 0.921. The zero-order valence-corrected chi connectivity index (χ0v) is 18.3. The molecule has 1 fully saturated rings. The van der Waals surface area contributed by atoms with E-state index < -0.39 is 29.5 Å². The Balaban J connectivity index is 1.64. The van der Waals surface area contributed by atoms with E-state index in [4.69, 9.17) is 21.1 Å². The van der Waals surface area contributed by atoms with E-state index in [1.54, 1.807) is 50.3 Å². The molecule has 0 N–H and O–H groups in total. The molecule has 0 spiro atoms. The molecule has 0 atom stereocenters. The molecule has 162 valence electrons. The van der Waals surface area contributed by atoms with Crippen molar-refractivity contribution in [2.45, 2.75) is 26.6 Å². The molecule has 1 aliphatic heterocycles. The molecule has 0 radical (unpaired) electrons. The number of thioether (sulfide) groups is 1. The molecule has 0 saturated carbocycles. The van der Waals surface area contributed by atoms with Gasteiger partial charge in [-0.05, 0) is 61.5 Å². The standard InChI is InChI=1S/C22H19ClFNO5S/c1-13(2)30-20(26)11-25-21(27)19(31-22(25)28)10-14-6-8-15(9-7-14)29-12-16-17(23)4-3-5-18(16)24/h3-10,13H,11-12H2,1-2H3/b19-10-. The van der Waals surface area contributed by atoms with Crippen LogP contribution in [0, 0.1) is 5.82 Å². The summed E-state index contributed by atoms with van der Waals surface area (Å²) in [5.74, 6) is -1.15. The summed E-state index contributed by atoms with van der Waals surface area (Å²) < 4.78 is 24.4. The van der Waals surface area contributed by atoms with Gasteiger partial charge >= 0.3 is 5.97 Å². The van der Waals surface area contributed by atoms with Crippen LogP contribution in [0.4, 0.5) is 9.18 Å². The van der Waals surface area contributed by atoms with Gasteiger partial charge in [-0.3, -0.25) is 19.3 Å². The summed E-state index contributed by atoms with van der Waals surface area (Å²) in [6.45, 7) is 2.91. The van der Waals surface area contributed by atoms with Crippen LogP contribution in [0.15, 0.2) is 47.4 Å². The highest BCUT2D eigenvalue weighted by Gasteiger charge is 2.36. The van der Waals surface area contributed by atoms with E-state index in [0.717, 1.165) is 16.7 Å². The molecule has 0 aromatic heterocycles. The van der Waals surface area contributed by atoms with Crippen molar-refractivity contribution in [2.24, 2.45) is 0 Å². The van der Waals surface area contributed by atoms with Crippen LogP contribution < -0.4 is 4.74 Å². The average Bonchev–Trinajstić information content (AvgIpc) is 2.95. The van der Waals surface area contributed by atoms with Crippen LogP contribution in [0.3, 0.4) is 0 Å². The van der Waals surface area contributed by atoms with Crippen molar-refractivity contribution in [1.82, 2.24) is 4.90 Å². The summed E-state index contributed by atoms with van der Waals surface area (Å²) >= 11 is 6.74. The van der Waals surface area contributed by atoms with Gasteiger partial charge in [-0.2, -0.15) is 0 Å². The Morgan fingerprint density at radius 3 is 2.55 bits per heavy atom. The number of imide groups is 1. The first kappa shape index (κ1) is 22.8. The Morgan fingerprint density at radius 1 is 1.19 bits per heavy atom. The van der Waals surface area contributed by atoms with Gasteiger partial charge < -0.3 is 9.47 Å². The Labute approximate surface area is 188 Å². The summed E-state index contributed by atoms with van der Waals surface area (Å²) in [6.07, 6.45) is 1.22. The molecule has 2 amide bonds. The van der Waals surface area contributed by atoms with E-state index in [1.165, 1.54) is 12.1 Å². The van der Waals surface area contributed by atoms with Crippen molar-refractivity contribution in [1.29, 1.82) is 0 Å². The van der Waals surface area contributed by atoms with Crippen LogP contribution in [0.1, 0.15) is 25.0 Å². The van der Waals surface area contributed by atoms with Crippen molar-refractivity contribution < 1.29 is 28.2 Å². The van der Waals surface area contributed by atoms with E-state index in [1.807, 2.05) is 0 Å². The van der Waals surface area contributed by atoms with Crippen LogP contribution in [0.2, 0.25) is 5.02 Å². The molecule has 1 aliphatic rings. The van der Waals surface area contributed by atoms with E-state index in [0.29, 0.717) is 11.3 Å². The van der Waals surface area contributed by atoms with Gasteiger partial charge in [0.25, 0.3) is 11.1 Å². The molecule has 0 aliphatic carbocycles. The maximum Gasteiger partial charge on any atom is 0.326 e. The molecule has 2 aromatic carbocycles. The van der Waals surface area contributed by atoms with Crippen molar-refractivity contribution in [3.05, 3.63) is 69.3 Å². The first-order valence-electron chi connectivity index (χ1n) is 9.35. The normalized spacial score (nSPS) is 15.1. The van der Waals surface area contributed by atoms with Gasteiger partial charge in [0.15, 0.2) is 0 Å². The van der Waals surface area contributed by atoms with Crippen molar-refractivity contribution in [2.75, 3.05) is 6.54 Å². The van der Waals surface area contributed by atoms with Crippen LogP contribution in [-0.2, 0) is 20.9 Å².